The zero-order chi connectivity index (χ0) is 17.6. The molecule has 0 fully saturated rings. The molecule has 1 rings (SSSR count). The fourth-order valence-corrected chi connectivity index (χ4v) is 2.87. The van der Waals surface area contributed by atoms with Crippen LogP contribution in [0.4, 0.5) is 10.5 Å². The van der Waals surface area contributed by atoms with Gasteiger partial charge in [-0.15, -0.1) is 0 Å². The molecule has 3 N–H and O–H groups in total. The van der Waals surface area contributed by atoms with Crippen molar-refractivity contribution in [3.63, 3.8) is 0 Å². The lowest BCUT2D eigenvalue weighted by Gasteiger charge is -2.23. The van der Waals surface area contributed by atoms with Gasteiger partial charge < -0.3 is 10.6 Å². The predicted molar refractivity (Wildman–Crippen MR) is 93.9 cm³/mol. The molecular weight excluding hydrogens is 314 g/mol. The fraction of sp³-hybridized carbons (Fsp3) is 0.562. The van der Waals surface area contributed by atoms with Gasteiger partial charge in [-0.25, -0.2) is 13.2 Å². The van der Waals surface area contributed by atoms with Crippen molar-refractivity contribution in [1.29, 1.82) is 0 Å². The van der Waals surface area contributed by atoms with Gasteiger partial charge in [-0.05, 0) is 37.0 Å². The Morgan fingerprint density at radius 1 is 1.17 bits per heavy atom. The van der Waals surface area contributed by atoms with Crippen molar-refractivity contribution in [2.24, 2.45) is 5.92 Å². The molecule has 130 valence electrons. The Labute approximate surface area is 139 Å². The Bertz CT molecular complexity index is 629. The molecule has 0 aromatic heterocycles. The summed E-state index contributed by atoms with van der Waals surface area (Å²) in [5.74, 6) is 0.364. The van der Waals surface area contributed by atoms with E-state index < -0.39 is 10.0 Å². The molecule has 0 saturated heterocycles. The highest BCUT2D eigenvalue weighted by molar-refractivity contribution is 7.92. The van der Waals surface area contributed by atoms with Crippen molar-refractivity contribution in [1.82, 2.24) is 10.6 Å². The largest absolute Gasteiger partial charge is 0.335 e. The monoisotopic (exact) mass is 341 g/mol. The molecule has 0 saturated carbocycles. The standard InChI is InChI=1S/C16H27N3O3S/c1-6-15(11(2)3)18-16(20)17-12(4)13-8-7-9-14(10-13)19-23(5,21)22/h7-12,15,19H,6H2,1-5H3,(H2,17,18,20)/t12-,15-/m1/s1. The highest BCUT2D eigenvalue weighted by Gasteiger charge is 2.16. The van der Waals surface area contributed by atoms with E-state index in [0.717, 1.165) is 18.2 Å². The van der Waals surface area contributed by atoms with E-state index >= 15 is 0 Å². The maximum atomic E-state index is 12.1. The molecule has 7 heteroatoms. The van der Waals surface area contributed by atoms with E-state index in [4.69, 9.17) is 0 Å². The van der Waals surface area contributed by atoms with E-state index in [9.17, 15) is 13.2 Å². The van der Waals surface area contributed by atoms with Crippen LogP contribution in [0.1, 0.15) is 45.7 Å². The van der Waals surface area contributed by atoms with Crippen LogP contribution < -0.4 is 15.4 Å². The Morgan fingerprint density at radius 2 is 1.83 bits per heavy atom. The minimum absolute atomic E-state index is 0.125. The number of amides is 2. The van der Waals surface area contributed by atoms with Crippen molar-refractivity contribution < 1.29 is 13.2 Å². The third kappa shape index (κ3) is 6.90. The van der Waals surface area contributed by atoms with Gasteiger partial charge in [0, 0.05) is 11.7 Å². The molecule has 0 radical (unpaired) electrons. The number of hydrogen-bond acceptors (Lipinski definition) is 3. The van der Waals surface area contributed by atoms with Gasteiger partial charge in [0.25, 0.3) is 0 Å². The highest BCUT2D eigenvalue weighted by Crippen LogP contribution is 2.18. The number of nitrogens with one attached hydrogen (secondary N) is 3. The predicted octanol–water partition coefficient (Wildman–Crippen LogP) is 2.85. The smallest absolute Gasteiger partial charge is 0.315 e. The van der Waals surface area contributed by atoms with Gasteiger partial charge in [-0.3, -0.25) is 4.72 Å². The fourth-order valence-electron chi connectivity index (χ4n) is 2.32. The van der Waals surface area contributed by atoms with Crippen LogP contribution in [0.5, 0.6) is 0 Å². The molecule has 0 aliphatic heterocycles. The molecule has 23 heavy (non-hydrogen) atoms. The Hall–Kier alpha value is -1.76. The van der Waals surface area contributed by atoms with Crippen LogP contribution in [0.3, 0.4) is 0 Å². The maximum Gasteiger partial charge on any atom is 0.315 e. The van der Waals surface area contributed by atoms with Crippen molar-refractivity contribution >= 4 is 21.7 Å². The second-order valence-corrected chi connectivity index (χ2v) is 7.85. The average molecular weight is 341 g/mol. The first-order valence-electron chi connectivity index (χ1n) is 7.77. The van der Waals surface area contributed by atoms with E-state index in [-0.39, 0.29) is 18.1 Å². The zero-order valence-electron chi connectivity index (χ0n) is 14.4. The van der Waals surface area contributed by atoms with Crippen LogP contribution in [-0.4, -0.2) is 26.7 Å². The van der Waals surface area contributed by atoms with E-state index in [1.807, 2.05) is 19.9 Å². The molecule has 1 aromatic rings. The van der Waals surface area contributed by atoms with Gasteiger partial charge >= 0.3 is 6.03 Å². The van der Waals surface area contributed by atoms with E-state index in [0.29, 0.717) is 11.6 Å². The van der Waals surface area contributed by atoms with E-state index in [1.165, 1.54) is 0 Å². The number of carbonyl (C=O) groups is 1. The zero-order valence-corrected chi connectivity index (χ0v) is 15.2. The van der Waals surface area contributed by atoms with Crippen molar-refractivity contribution in [2.45, 2.75) is 46.2 Å². The normalized spacial score (nSPS) is 14.2. The number of hydrogen-bond donors (Lipinski definition) is 3. The van der Waals surface area contributed by atoms with Crippen LogP contribution in [0.25, 0.3) is 0 Å². The molecule has 0 aliphatic carbocycles. The van der Waals surface area contributed by atoms with Crippen LogP contribution in [-0.2, 0) is 10.0 Å². The summed E-state index contributed by atoms with van der Waals surface area (Å²) in [5.41, 5.74) is 1.30. The molecule has 0 unspecified atom stereocenters. The third-order valence-electron chi connectivity index (χ3n) is 3.60. The lowest BCUT2D eigenvalue weighted by molar-refractivity contribution is 0.229. The summed E-state index contributed by atoms with van der Waals surface area (Å²) in [6, 6.07) is 6.65. The lowest BCUT2D eigenvalue weighted by atomic mass is 10.0. The van der Waals surface area contributed by atoms with Gasteiger partial charge in [-0.2, -0.15) is 0 Å². The summed E-state index contributed by atoms with van der Waals surface area (Å²) in [6.45, 7) is 8.03. The molecular formula is C16H27N3O3S. The molecule has 0 spiro atoms. The minimum atomic E-state index is -3.32. The van der Waals surface area contributed by atoms with Crippen molar-refractivity contribution in [3.05, 3.63) is 29.8 Å². The first kappa shape index (κ1) is 19.3. The topological polar surface area (TPSA) is 87.3 Å². The van der Waals surface area contributed by atoms with Crippen LogP contribution in [0.2, 0.25) is 0 Å². The molecule has 0 bridgehead atoms. The van der Waals surface area contributed by atoms with Gasteiger partial charge in [0.15, 0.2) is 0 Å². The average Bonchev–Trinajstić information content (AvgIpc) is 2.42. The molecule has 2 amide bonds. The number of carbonyl (C=O) groups excluding carboxylic acids is 1. The quantitative estimate of drug-likeness (QED) is 0.712. The summed E-state index contributed by atoms with van der Waals surface area (Å²) in [4.78, 5) is 12.1. The first-order chi connectivity index (χ1) is 10.6. The molecule has 0 aliphatic rings. The van der Waals surface area contributed by atoms with Gasteiger partial charge in [-0.1, -0.05) is 32.9 Å². The number of benzene rings is 1. The number of anilines is 1. The maximum absolute atomic E-state index is 12.1. The number of rotatable bonds is 7. The Balaban J connectivity index is 2.72. The van der Waals surface area contributed by atoms with Crippen LogP contribution in [0, 0.1) is 5.92 Å². The molecule has 2 atom stereocenters. The summed E-state index contributed by atoms with van der Waals surface area (Å²) >= 11 is 0. The van der Waals surface area contributed by atoms with E-state index in [2.05, 4.69) is 29.2 Å². The van der Waals surface area contributed by atoms with Crippen molar-refractivity contribution in [3.8, 4) is 0 Å². The molecule has 1 aromatic carbocycles. The summed E-state index contributed by atoms with van der Waals surface area (Å²) in [5, 5.41) is 5.84. The summed E-state index contributed by atoms with van der Waals surface area (Å²) in [7, 11) is -3.32. The Morgan fingerprint density at radius 3 is 2.35 bits per heavy atom. The summed E-state index contributed by atoms with van der Waals surface area (Å²) < 4.78 is 25.0. The Kier molecular flexibility index (Phi) is 6.87. The van der Waals surface area contributed by atoms with Gasteiger partial charge in [0.1, 0.15) is 0 Å². The molecule has 6 nitrogen and oxygen atoms in total. The van der Waals surface area contributed by atoms with Crippen LogP contribution >= 0.6 is 0 Å². The van der Waals surface area contributed by atoms with E-state index in [1.54, 1.807) is 18.2 Å². The summed E-state index contributed by atoms with van der Waals surface area (Å²) in [6.07, 6.45) is 1.97. The van der Waals surface area contributed by atoms with Gasteiger partial charge in [0.05, 0.1) is 12.3 Å². The number of urea groups is 1. The minimum Gasteiger partial charge on any atom is -0.335 e. The third-order valence-corrected chi connectivity index (χ3v) is 4.21. The second-order valence-electron chi connectivity index (χ2n) is 6.10. The first-order valence-corrected chi connectivity index (χ1v) is 9.66. The van der Waals surface area contributed by atoms with Gasteiger partial charge in [0.2, 0.25) is 10.0 Å². The lowest BCUT2D eigenvalue weighted by Crippen LogP contribution is -2.44. The second kappa shape index (κ2) is 8.19. The SMILES string of the molecule is CC[C@@H](NC(=O)N[C@H](C)c1cccc(NS(C)(=O)=O)c1)C(C)C. The van der Waals surface area contributed by atoms with Crippen molar-refractivity contribution in [2.75, 3.05) is 11.0 Å². The van der Waals surface area contributed by atoms with Crippen LogP contribution in [0.15, 0.2) is 24.3 Å². The highest BCUT2D eigenvalue weighted by atomic mass is 32.2. The molecule has 0 heterocycles. The number of sulfonamides is 1.